The number of piperidine rings is 1. The summed E-state index contributed by atoms with van der Waals surface area (Å²) in [6.07, 6.45) is 6.82. The van der Waals surface area contributed by atoms with Gasteiger partial charge < -0.3 is 14.8 Å². The van der Waals surface area contributed by atoms with Crippen LogP contribution in [0.25, 0.3) is 11.2 Å². The first kappa shape index (κ1) is 15.1. The van der Waals surface area contributed by atoms with Crippen molar-refractivity contribution in [3.63, 3.8) is 0 Å². The number of hydrogen-bond acceptors (Lipinski definition) is 4. The first-order valence-corrected chi connectivity index (χ1v) is 8.99. The van der Waals surface area contributed by atoms with Crippen molar-refractivity contribution in [3.05, 3.63) is 24.2 Å². The fourth-order valence-electron chi connectivity index (χ4n) is 4.13. The van der Waals surface area contributed by atoms with E-state index >= 15 is 0 Å². The van der Waals surface area contributed by atoms with Crippen molar-refractivity contribution in [2.75, 3.05) is 33.2 Å². The fourth-order valence-corrected chi connectivity index (χ4v) is 4.13. The van der Waals surface area contributed by atoms with E-state index in [1.165, 1.54) is 38.2 Å². The van der Waals surface area contributed by atoms with Gasteiger partial charge in [0.1, 0.15) is 11.3 Å². The zero-order valence-electron chi connectivity index (χ0n) is 14.0. The Kier molecular flexibility index (Phi) is 4.31. The first-order chi connectivity index (χ1) is 11.3. The summed E-state index contributed by atoms with van der Waals surface area (Å²) in [5, 5.41) is 3.46. The summed E-state index contributed by atoms with van der Waals surface area (Å²) in [4.78, 5) is 12.0. The monoisotopic (exact) mass is 313 g/mol. The molecule has 0 aliphatic carbocycles. The van der Waals surface area contributed by atoms with Crippen LogP contribution in [0.2, 0.25) is 0 Å². The molecule has 2 saturated heterocycles. The van der Waals surface area contributed by atoms with Crippen molar-refractivity contribution in [1.82, 2.24) is 24.8 Å². The third-order valence-corrected chi connectivity index (χ3v) is 5.44. The van der Waals surface area contributed by atoms with Crippen LogP contribution >= 0.6 is 0 Å². The highest BCUT2D eigenvalue weighted by molar-refractivity contribution is 5.71. The second-order valence-electron chi connectivity index (χ2n) is 7.30. The minimum absolute atomic E-state index is 0.728. The van der Waals surface area contributed by atoms with E-state index in [0.717, 1.165) is 49.1 Å². The van der Waals surface area contributed by atoms with Gasteiger partial charge in [-0.1, -0.05) is 0 Å². The Balaban J connectivity index is 1.61. The second-order valence-corrected chi connectivity index (χ2v) is 7.30. The van der Waals surface area contributed by atoms with E-state index in [1.54, 1.807) is 0 Å². The van der Waals surface area contributed by atoms with Crippen LogP contribution < -0.4 is 5.32 Å². The van der Waals surface area contributed by atoms with Crippen molar-refractivity contribution < 1.29 is 0 Å². The lowest BCUT2D eigenvalue weighted by atomic mass is 9.94. The molecule has 1 N–H and O–H groups in total. The smallest absolute Gasteiger partial charge is 0.159 e. The van der Waals surface area contributed by atoms with Crippen LogP contribution in [0.15, 0.2) is 18.3 Å². The Hall–Kier alpha value is -1.46. The molecule has 2 aromatic heterocycles. The van der Waals surface area contributed by atoms with Gasteiger partial charge >= 0.3 is 0 Å². The van der Waals surface area contributed by atoms with Gasteiger partial charge in [0.15, 0.2) is 5.65 Å². The van der Waals surface area contributed by atoms with Crippen molar-refractivity contribution in [2.24, 2.45) is 11.8 Å². The Morgan fingerprint density at radius 3 is 2.87 bits per heavy atom. The maximum absolute atomic E-state index is 4.93. The van der Waals surface area contributed by atoms with Gasteiger partial charge in [0.2, 0.25) is 0 Å². The number of imidazole rings is 1. The maximum Gasteiger partial charge on any atom is 0.159 e. The molecule has 5 heteroatoms. The van der Waals surface area contributed by atoms with Gasteiger partial charge in [-0.25, -0.2) is 9.97 Å². The quantitative estimate of drug-likeness (QED) is 0.937. The molecular weight excluding hydrogens is 286 g/mol. The molecular formula is C18H27N5. The normalized spacial score (nSPS) is 23.8. The Bertz CT molecular complexity index is 658. The molecule has 0 saturated carbocycles. The van der Waals surface area contributed by atoms with Crippen LogP contribution in [-0.4, -0.2) is 52.7 Å². The van der Waals surface area contributed by atoms with Crippen molar-refractivity contribution in [3.8, 4) is 0 Å². The number of pyridine rings is 1. The molecule has 0 bridgehead atoms. The minimum atomic E-state index is 0.728. The maximum atomic E-state index is 4.93. The highest BCUT2D eigenvalue weighted by Gasteiger charge is 2.24. The molecule has 2 fully saturated rings. The molecule has 0 radical (unpaired) electrons. The lowest BCUT2D eigenvalue weighted by molar-refractivity contribution is 0.352. The number of likely N-dealkylation sites (tertiary alicyclic amines) is 1. The van der Waals surface area contributed by atoms with E-state index < -0.39 is 0 Å². The molecule has 2 aromatic rings. The van der Waals surface area contributed by atoms with Crippen LogP contribution in [0.3, 0.4) is 0 Å². The van der Waals surface area contributed by atoms with Gasteiger partial charge in [0.05, 0.1) is 0 Å². The van der Waals surface area contributed by atoms with E-state index in [2.05, 4.69) is 32.9 Å². The summed E-state index contributed by atoms with van der Waals surface area (Å²) in [6, 6.07) is 4.10. The molecule has 4 rings (SSSR count). The third-order valence-electron chi connectivity index (χ3n) is 5.44. The summed E-state index contributed by atoms with van der Waals surface area (Å²) in [6.45, 7) is 5.78. The molecule has 0 amide bonds. The van der Waals surface area contributed by atoms with E-state index in [0.29, 0.717) is 0 Å². The highest BCUT2D eigenvalue weighted by Crippen LogP contribution is 2.24. The van der Waals surface area contributed by atoms with E-state index in [9.17, 15) is 0 Å². The lowest BCUT2D eigenvalue weighted by Crippen LogP contribution is -2.29. The predicted octanol–water partition coefficient (Wildman–Crippen LogP) is 1.93. The van der Waals surface area contributed by atoms with Crippen LogP contribution in [0.1, 0.15) is 25.1 Å². The van der Waals surface area contributed by atoms with E-state index in [1.807, 2.05) is 12.3 Å². The molecule has 124 valence electrons. The predicted molar refractivity (Wildman–Crippen MR) is 92.4 cm³/mol. The van der Waals surface area contributed by atoms with Crippen LogP contribution in [0.4, 0.5) is 0 Å². The Morgan fingerprint density at radius 2 is 2.09 bits per heavy atom. The van der Waals surface area contributed by atoms with E-state index in [-0.39, 0.29) is 0 Å². The van der Waals surface area contributed by atoms with Gasteiger partial charge in [-0.3, -0.25) is 0 Å². The van der Waals surface area contributed by atoms with Gasteiger partial charge in [0.25, 0.3) is 0 Å². The highest BCUT2D eigenvalue weighted by atomic mass is 15.2. The Labute approximate surface area is 138 Å². The fraction of sp³-hybridized carbons (Fsp3) is 0.667. The Morgan fingerprint density at radius 1 is 1.22 bits per heavy atom. The van der Waals surface area contributed by atoms with Gasteiger partial charge in [-0.2, -0.15) is 0 Å². The molecule has 0 spiro atoms. The number of hydrogen-bond donors (Lipinski definition) is 1. The average Bonchev–Trinajstić information content (AvgIpc) is 3.13. The zero-order chi connectivity index (χ0) is 15.6. The molecule has 2 aliphatic heterocycles. The summed E-state index contributed by atoms with van der Waals surface area (Å²) in [7, 11) is 2.22. The number of nitrogens with one attached hydrogen (secondary N) is 1. The minimum Gasteiger partial charge on any atom is -0.317 e. The summed E-state index contributed by atoms with van der Waals surface area (Å²) in [5.74, 6) is 2.74. The van der Waals surface area contributed by atoms with Gasteiger partial charge in [-0.15, -0.1) is 0 Å². The van der Waals surface area contributed by atoms with Gasteiger partial charge in [-0.05, 0) is 69.9 Å². The first-order valence-electron chi connectivity index (χ1n) is 8.99. The van der Waals surface area contributed by atoms with Crippen molar-refractivity contribution in [2.45, 2.75) is 32.2 Å². The molecule has 5 nitrogen and oxygen atoms in total. The average molecular weight is 313 g/mol. The standard InChI is InChI=1S/C18H27N5/c1-22-10-6-15(12-22)13-23-17(11-14-4-8-19-9-5-14)21-16-3-2-7-20-18(16)23/h2-3,7,14-15,19H,4-6,8-13H2,1H3. The molecule has 1 atom stereocenters. The molecule has 1 unspecified atom stereocenters. The summed E-state index contributed by atoms with van der Waals surface area (Å²) >= 11 is 0. The molecule has 23 heavy (non-hydrogen) atoms. The largest absolute Gasteiger partial charge is 0.317 e. The van der Waals surface area contributed by atoms with Gasteiger partial charge in [0, 0.05) is 25.7 Å². The molecule has 0 aromatic carbocycles. The summed E-state index contributed by atoms with van der Waals surface area (Å²) < 4.78 is 2.42. The number of aromatic nitrogens is 3. The van der Waals surface area contributed by atoms with Crippen molar-refractivity contribution in [1.29, 1.82) is 0 Å². The lowest BCUT2D eigenvalue weighted by Gasteiger charge is -2.23. The SMILES string of the molecule is CN1CCC(Cn2c(CC3CCNCC3)nc3cccnc32)C1. The van der Waals surface area contributed by atoms with Crippen LogP contribution in [0.5, 0.6) is 0 Å². The number of nitrogens with zero attached hydrogens (tertiary/aromatic N) is 4. The van der Waals surface area contributed by atoms with E-state index in [4.69, 9.17) is 4.98 Å². The number of rotatable bonds is 4. The third kappa shape index (κ3) is 3.26. The second kappa shape index (κ2) is 6.57. The van der Waals surface area contributed by atoms with Crippen LogP contribution in [0, 0.1) is 11.8 Å². The number of fused-ring (bicyclic) bond motifs is 1. The zero-order valence-corrected chi connectivity index (χ0v) is 14.0. The summed E-state index contributed by atoms with van der Waals surface area (Å²) in [5.41, 5.74) is 2.13. The topological polar surface area (TPSA) is 46.0 Å². The van der Waals surface area contributed by atoms with Crippen molar-refractivity contribution >= 4 is 11.2 Å². The molecule has 4 heterocycles. The van der Waals surface area contributed by atoms with Crippen LogP contribution in [-0.2, 0) is 13.0 Å². The molecule has 2 aliphatic rings.